The molecule has 7 nitrogen and oxygen atoms in total. The molecule has 2 aromatic carbocycles. The van der Waals surface area contributed by atoms with Crippen LogP contribution in [0.15, 0.2) is 53.5 Å². The number of likely N-dealkylation sites (N-methyl/N-ethyl adjacent to an activating group) is 1. The Morgan fingerprint density at radius 1 is 1.13 bits per heavy atom. The quantitative estimate of drug-likeness (QED) is 0.448. The Labute approximate surface area is 183 Å². The van der Waals surface area contributed by atoms with Crippen LogP contribution in [-0.2, 0) is 11.3 Å². The zero-order valence-electron chi connectivity index (χ0n) is 18.5. The van der Waals surface area contributed by atoms with E-state index in [4.69, 9.17) is 9.47 Å². The molecule has 0 fully saturated rings. The van der Waals surface area contributed by atoms with E-state index in [9.17, 15) is 9.18 Å². The lowest BCUT2D eigenvalue weighted by Gasteiger charge is -2.17. The normalized spacial score (nSPS) is 12.1. The van der Waals surface area contributed by atoms with Gasteiger partial charge in [0, 0.05) is 20.6 Å². The average molecular weight is 431 g/mol. The SMILES string of the molecule is CCNC(=NCc1cccc(OCC(=O)N(C)C)c1)NCC(C)Oc1ccc(F)cc1. The fourth-order valence-electron chi connectivity index (χ4n) is 2.55. The Balaban J connectivity index is 1.89. The van der Waals surface area contributed by atoms with Gasteiger partial charge in [0.1, 0.15) is 23.4 Å². The van der Waals surface area contributed by atoms with E-state index in [0.29, 0.717) is 30.5 Å². The van der Waals surface area contributed by atoms with Gasteiger partial charge in [-0.25, -0.2) is 9.38 Å². The van der Waals surface area contributed by atoms with Crippen molar-refractivity contribution in [2.24, 2.45) is 4.99 Å². The van der Waals surface area contributed by atoms with E-state index in [1.54, 1.807) is 26.2 Å². The third-order valence-electron chi connectivity index (χ3n) is 4.23. The van der Waals surface area contributed by atoms with Crippen LogP contribution in [-0.4, -0.2) is 56.7 Å². The molecule has 0 spiro atoms. The predicted molar refractivity (Wildman–Crippen MR) is 120 cm³/mol. The van der Waals surface area contributed by atoms with Crippen molar-refractivity contribution in [1.82, 2.24) is 15.5 Å². The summed E-state index contributed by atoms with van der Waals surface area (Å²) >= 11 is 0. The van der Waals surface area contributed by atoms with Crippen molar-refractivity contribution in [3.63, 3.8) is 0 Å². The Kier molecular flexibility index (Phi) is 9.61. The second-order valence-electron chi connectivity index (χ2n) is 7.18. The minimum Gasteiger partial charge on any atom is -0.489 e. The Morgan fingerprint density at radius 2 is 1.87 bits per heavy atom. The Hall–Kier alpha value is -3.29. The van der Waals surface area contributed by atoms with E-state index >= 15 is 0 Å². The molecule has 0 radical (unpaired) electrons. The van der Waals surface area contributed by atoms with Crippen molar-refractivity contribution in [3.05, 3.63) is 59.9 Å². The molecule has 0 bridgehead atoms. The van der Waals surface area contributed by atoms with Crippen LogP contribution in [0.25, 0.3) is 0 Å². The maximum Gasteiger partial charge on any atom is 0.259 e. The van der Waals surface area contributed by atoms with Gasteiger partial charge in [0.25, 0.3) is 5.91 Å². The van der Waals surface area contributed by atoms with E-state index in [1.165, 1.54) is 17.0 Å². The molecular formula is C23H31FN4O3. The number of benzene rings is 2. The van der Waals surface area contributed by atoms with Crippen LogP contribution in [0.5, 0.6) is 11.5 Å². The van der Waals surface area contributed by atoms with E-state index in [0.717, 1.165) is 12.1 Å². The number of hydrogen-bond acceptors (Lipinski definition) is 4. The molecule has 168 valence electrons. The highest BCUT2D eigenvalue weighted by Crippen LogP contribution is 2.14. The van der Waals surface area contributed by atoms with E-state index in [2.05, 4.69) is 15.6 Å². The van der Waals surface area contributed by atoms with E-state index in [-0.39, 0.29) is 24.4 Å². The van der Waals surface area contributed by atoms with Crippen molar-refractivity contribution in [3.8, 4) is 11.5 Å². The molecular weight excluding hydrogens is 399 g/mol. The number of carbonyl (C=O) groups is 1. The number of amides is 1. The third-order valence-corrected chi connectivity index (χ3v) is 4.23. The summed E-state index contributed by atoms with van der Waals surface area (Å²) in [7, 11) is 3.38. The molecule has 1 amide bonds. The van der Waals surface area contributed by atoms with Crippen molar-refractivity contribution in [2.45, 2.75) is 26.5 Å². The van der Waals surface area contributed by atoms with Gasteiger partial charge in [-0.05, 0) is 55.8 Å². The highest BCUT2D eigenvalue weighted by molar-refractivity contribution is 5.79. The van der Waals surface area contributed by atoms with Gasteiger partial charge < -0.3 is 25.0 Å². The molecule has 8 heteroatoms. The number of hydrogen-bond donors (Lipinski definition) is 2. The number of ether oxygens (including phenoxy) is 2. The average Bonchev–Trinajstić information content (AvgIpc) is 2.75. The topological polar surface area (TPSA) is 75.2 Å². The molecule has 2 rings (SSSR count). The molecule has 0 aromatic heterocycles. The number of nitrogens with zero attached hydrogens (tertiary/aromatic N) is 2. The smallest absolute Gasteiger partial charge is 0.259 e. The van der Waals surface area contributed by atoms with Crippen LogP contribution < -0.4 is 20.1 Å². The predicted octanol–water partition coefficient (Wildman–Crippen LogP) is 2.82. The minimum absolute atomic E-state index is 0.00411. The molecule has 31 heavy (non-hydrogen) atoms. The van der Waals surface area contributed by atoms with Gasteiger partial charge in [0.15, 0.2) is 12.6 Å². The third kappa shape index (κ3) is 8.94. The Bertz CT molecular complexity index is 856. The lowest BCUT2D eigenvalue weighted by atomic mass is 10.2. The monoisotopic (exact) mass is 430 g/mol. The number of guanidine groups is 1. The summed E-state index contributed by atoms with van der Waals surface area (Å²) in [6, 6.07) is 13.5. The highest BCUT2D eigenvalue weighted by atomic mass is 19.1. The maximum absolute atomic E-state index is 13.0. The first-order chi connectivity index (χ1) is 14.9. The minimum atomic E-state index is -0.293. The van der Waals surface area contributed by atoms with Gasteiger partial charge in [0.05, 0.1) is 13.1 Å². The van der Waals surface area contributed by atoms with Crippen molar-refractivity contribution in [2.75, 3.05) is 33.8 Å². The first-order valence-corrected chi connectivity index (χ1v) is 10.2. The van der Waals surface area contributed by atoms with Crippen LogP contribution in [0.1, 0.15) is 19.4 Å². The summed E-state index contributed by atoms with van der Waals surface area (Å²) < 4.78 is 24.3. The summed E-state index contributed by atoms with van der Waals surface area (Å²) in [5.41, 5.74) is 0.961. The second kappa shape index (κ2) is 12.4. The lowest BCUT2D eigenvalue weighted by Crippen LogP contribution is -2.41. The Morgan fingerprint density at radius 3 is 2.55 bits per heavy atom. The molecule has 2 aromatic rings. The van der Waals surface area contributed by atoms with Crippen LogP contribution in [0.2, 0.25) is 0 Å². The van der Waals surface area contributed by atoms with E-state index in [1.807, 2.05) is 38.1 Å². The number of nitrogens with one attached hydrogen (secondary N) is 2. The van der Waals surface area contributed by atoms with Gasteiger partial charge in [-0.3, -0.25) is 4.79 Å². The maximum atomic E-state index is 13.0. The largest absolute Gasteiger partial charge is 0.489 e. The molecule has 0 saturated carbocycles. The first kappa shape index (κ1) is 24.0. The number of aliphatic imine (C=N–C) groups is 1. The van der Waals surface area contributed by atoms with Gasteiger partial charge in [-0.1, -0.05) is 12.1 Å². The standard InChI is InChI=1S/C23H31FN4O3/c1-5-25-23(26-14-17(2)31-20-11-9-19(24)10-12-20)27-15-18-7-6-8-21(13-18)30-16-22(29)28(3)4/h6-13,17H,5,14-16H2,1-4H3,(H2,25,26,27). The van der Waals surface area contributed by atoms with Gasteiger partial charge in [-0.2, -0.15) is 0 Å². The molecule has 0 aliphatic rings. The summed E-state index contributed by atoms with van der Waals surface area (Å²) in [6.45, 7) is 5.60. The molecule has 0 aliphatic carbocycles. The fraction of sp³-hybridized carbons (Fsp3) is 0.391. The summed E-state index contributed by atoms with van der Waals surface area (Å²) in [6.07, 6.45) is -0.139. The van der Waals surface area contributed by atoms with E-state index < -0.39 is 0 Å². The van der Waals surface area contributed by atoms with Crippen molar-refractivity contribution >= 4 is 11.9 Å². The molecule has 0 saturated heterocycles. The van der Waals surface area contributed by atoms with Crippen LogP contribution in [0.4, 0.5) is 4.39 Å². The highest BCUT2D eigenvalue weighted by Gasteiger charge is 2.07. The molecule has 2 N–H and O–H groups in total. The summed E-state index contributed by atoms with van der Waals surface area (Å²) in [4.78, 5) is 17.8. The zero-order chi connectivity index (χ0) is 22.6. The number of carbonyl (C=O) groups excluding carboxylic acids is 1. The first-order valence-electron chi connectivity index (χ1n) is 10.2. The number of rotatable bonds is 10. The second-order valence-corrected chi connectivity index (χ2v) is 7.18. The van der Waals surface area contributed by atoms with Crippen molar-refractivity contribution in [1.29, 1.82) is 0 Å². The molecule has 0 heterocycles. The fourth-order valence-corrected chi connectivity index (χ4v) is 2.55. The molecule has 1 atom stereocenters. The van der Waals surface area contributed by atoms with Gasteiger partial charge in [0.2, 0.25) is 0 Å². The van der Waals surface area contributed by atoms with Gasteiger partial charge >= 0.3 is 0 Å². The van der Waals surface area contributed by atoms with Gasteiger partial charge in [-0.15, -0.1) is 0 Å². The molecule has 1 unspecified atom stereocenters. The number of halogens is 1. The van der Waals surface area contributed by atoms with Crippen LogP contribution in [0.3, 0.4) is 0 Å². The van der Waals surface area contributed by atoms with Crippen molar-refractivity contribution < 1.29 is 18.7 Å². The van der Waals surface area contributed by atoms with Crippen LogP contribution in [0, 0.1) is 5.82 Å². The van der Waals surface area contributed by atoms with Crippen LogP contribution >= 0.6 is 0 Å². The zero-order valence-corrected chi connectivity index (χ0v) is 18.5. The lowest BCUT2D eigenvalue weighted by molar-refractivity contribution is -0.130. The summed E-state index contributed by atoms with van der Waals surface area (Å²) in [5, 5.41) is 6.45. The molecule has 0 aliphatic heterocycles. The summed E-state index contributed by atoms with van der Waals surface area (Å²) in [5.74, 6) is 1.51.